The van der Waals surface area contributed by atoms with E-state index in [1.54, 1.807) is 34.8 Å². The van der Waals surface area contributed by atoms with Crippen LogP contribution in [0.15, 0.2) is 78.0 Å². The molecule has 0 spiro atoms. The zero-order valence-corrected chi connectivity index (χ0v) is 17.7. The van der Waals surface area contributed by atoms with Crippen LogP contribution in [0.5, 0.6) is 5.75 Å². The highest BCUT2D eigenvalue weighted by molar-refractivity contribution is 6.03. The third kappa shape index (κ3) is 3.40. The monoisotopic (exact) mass is 420 g/mol. The zero-order chi connectivity index (χ0) is 22.1. The van der Waals surface area contributed by atoms with Gasteiger partial charge in [-0.2, -0.15) is 0 Å². The van der Waals surface area contributed by atoms with Gasteiger partial charge in [-0.25, -0.2) is 4.79 Å². The van der Waals surface area contributed by atoms with Gasteiger partial charge in [0.2, 0.25) is 0 Å². The highest BCUT2D eigenvalue weighted by atomic mass is 16.5. The largest absolute Gasteiger partial charge is 0.494 e. The molecule has 5 rings (SSSR count). The lowest BCUT2D eigenvalue weighted by molar-refractivity contribution is 0.340. The Morgan fingerprint density at radius 2 is 1.81 bits per heavy atom. The Kier molecular flexibility index (Phi) is 4.92. The molecule has 32 heavy (non-hydrogen) atoms. The van der Waals surface area contributed by atoms with Gasteiger partial charge >= 0.3 is 5.69 Å². The minimum absolute atomic E-state index is 0.134. The fourth-order valence-electron chi connectivity index (χ4n) is 3.75. The molecule has 0 saturated heterocycles. The molecule has 0 unspecified atom stereocenters. The van der Waals surface area contributed by atoms with Crippen LogP contribution in [0, 0.1) is 11.8 Å². The van der Waals surface area contributed by atoms with Crippen molar-refractivity contribution in [3.63, 3.8) is 0 Å². The Morgan fingerprint density at radius 3 is 2.56 bits per heavy atom. The molecule has 3 aromatic heterocycles. The second kappa shape index (κ2) is 8.05. The second-order valence-electron chi connectivity index (χ2n) is 7.32. The van der Waals surface area contributed by atoms with E-state index in [2.05, 4.69) is 21.8 Å². The molecule has 0 saturated carbocycles. The highest BCUT2D eigenvalue weighted by Gasteiger charge is 2.16. The lowest BCUT2D eigenvalue weighted by Crippen LogP contribution is -2.20. The van der Waals surface area contributed by atoms with E-state index in [-0.39, 0.29) is 5.69 Å². The van der Waals surface area contributed by atoms with E-state index in [4.69, 9.17) is 4.74 Å². The average molecular weight is 420 g/mol. The molecule has 0 bridgehead atoms. The topological polar surface area (TPSA) is 61.9 Å². The summed E-state index contributed by atoms with van der Waals surface area (Å²) in [5.74, 6) is 7.09. The predicted molar refractivity (Wildman–Crippen MR) is 125 cm³/mol. The second-order valence-corrected chi connectivity index (χ2v) is 7.32. The number of hydrogen-bond donors (Lipinski definition) is 0. The van der Waals surface area contributed by atoms with E-state index >= 15 is 0 Å². The number of benzene rings is 2. The van der Waals surface area contributed by atoms with Crippen molar-refractivity contribution < 1.29 is 4.74 Å². The summed E-state index contributed by atoms with van der Waals surface area (Å²) in [5, 5.41) is 0.868. The van der Waals surface area contributed by atoms with Crippen molar-refractivity contribution in [1.29, 1.82) is 0 Å². The number of ether oxygens (including phenoxy) is 1. The lowest BCUT2D eigenvalue weighted by atomic mass is 10.1. The van der Waals surface area contributed by atoms with Gasteiger partial charge in [0.1, 0.15) is 5.75 Å². The Morgan fingerprint density at radius 1 is 1.00 bits per heavy atom. The molecular weight excluding hydrogens is 400 g/mol. The zero-order valence-electron chi connectivity index (χ0n) is 17.7. The molecule has 0 N–H and O–H groups in total. The Balaban J connectivity index is 1.72. The van der Waals surface area contributed by atoms with E-state index in [0.717, 1.165) is 44.5 Å². The van der Waals surface area contributed by atoms with Crippen molar-refractivity contribution in [2.24, 2.45) is 7.05 Å². The van der Waals surface area contributed by atoms with Crippen LogP contribution < -0.4 is 10.4 Å². The maximum absolute atomic E-state index is 13.2. The van der Waals surface area contributed by atoms with Crippen LogP contribution in [0.3, 0.4) is 0 Å². The molecule has 0 radical (unpaired) electrons. The van der Waals surface area contributed by atoms with Crippen molar-refractivity contribution in [1.82, 2.24) is 19.1 Å². The molecule has 0 aliphatic heterocycles. The lowest BCUT2D eigenvalue weighted by Gasteiger charge is -2.08. The smallest absolute Gasteiger partial charge is 0.333 e. The maximum atomic E-state index is 13.2. The summed E-state index contributed by atoms with van der Waals surface area (Å²) in [5.41, 5.74) is 4.67. The van der Waals surface area contributed by atoms with Gasteiger partial charge in [-0.15, -0.1) is 0 Å². The van der Waals surface area contributed by atoms with E-state index < -0.39 is 0 Å². The van der Waals surface area contributed by atoms with Gasteiger partial charge < -0.3 is 4.74 Å². The third-order valence-electron chi connectivity index (χ3n) is 5.30. The van der Waals surface area contributed by atoms with Crippen LogP contribution in [0.2, 0.25) is 0 Å². The number of nitrogens with zero attached hydrogens (tertiary/aromatic N) is 4. The van der Waals surface area contributed by atoms with Crippen LogP contribution in [0.4, 0.5) is 0 Å². The summed E-state index contributed by atoms with van der Waals surface area (Å²) < 4.78 is 8.88. The van der Waals surface area contributed by atoms with E-state index in [9.17, 15) is 4.79 Å². The van der Waals surface area contributed by atoms with Crippen LogP contribution in [-0.4, -0.2) is 25.7 Å². The van der Waals surface area contributed by atoms with Crippen molar-refractivity contribution >= 4 is 21.9 Å². The number of fused-ring (bicyclic) bond motifs is 3. The Bertz CT molecular complexity index is 1550. The van der Waals surface area contributed by atoms with E-state index in [0.29, 0.717) is 6.61 Å². The average Bonchev–Trinajstić information content (AvgIpc) is 3.09. The van der Waals surface area contributed by atoms with Crippen molar-refractivity contribution in [2.45, 2.75) is 6.92 Å². The third-order valence-corrected chi connectivity index (χ3v) is 5.30. The number of pyridine rings is 2. The predicted octanol–water partition coefficient (Wildman–Crippen LogP) is 4.07. The summed E-state index contributed by atoms with van der Waals surface area (Å²) in [4.78, 5) is 21.8. The van der Waals surface area contributed by atoms with Gasteiger partial charge in [-0.1, -0.05) is 11.8 Å². The van der Waals surface area contributed by atoms with Crippen LogP contribution in [-0.2, 0) is 7.05 Å². The number of aromatic nitrogens is 4. The van der Waals surface area contributed by atoms with Gasteiger partial charge in [-0.3, -0.25) is 19.1 Å². The first kappa shape index (κ1) is 19.6. The number of hydrogen-bond acceptors (Lipinski definition) is 4. The summed E-state index contributed by atoms with van der Waals surface area (Å²) >= 11 is 0. The standard InChI is InChI=1S/C26H20N4O2/c1-3-32-21-11-9-20(10-12-21)30-25-22-15-18(6-7-19-5-4-14-27-16-19)8-13-23(22)28-17-24(25)29(2)26(30)31/h4-5,8-17H,3H2,1-2H3. The molecule has 6 heteroatoms. The van der Waals surface area contributed by atoms with Crippen LogP contribution in [0.25, 0.3) is 27.6 Å². The Hall–Kier alpha value is -4.37. The van der Waals surface area contributed by atoms with Crippen molar-refractivity contribution in [3.05, 3.63) is 94.8 Å². The summed E-state index contributed by atoms with van der Waals surface area (Å²) in [6.07, 6.45) is 5.19. The molecule has 0 amide bonds. The van der Waals surface area contributed by atoms with Gasteiger partial charge in [0.15, 0.2) is 0 Å². The molecule has 0 aliphatic rings. The maximum Gasteiger partial charge on any atom is 0.333 e. The summed E-state index contributed by atoms with van der Waals surface area (Å²) in [6.45, 7) is 2.53. The van der Waals surface area contributed by atoms with Gasteiger partial charge in [-0.05, 0) is 61.5 Å². The molecule has 5 aromatic rings. The van der Waals surface area contributed by atoms with Gasteiger partial charge in [0.25, 0.3) is 0 Å². The summed E-state index contributed by atoms with van der Waals surface area (Å²) in [6, 6.07) is 17.2. The molecule has 0 aliphatic carbocycles. The van der Waals surface area contributed by atoms with Gasteiger partial charge in [0.05, 0.1) is 35.0 Å². The number of aryl methyl sites for hydroxylation is 1. The SMILES string of the molecule is CCOc1ccc(-n2c(=O)n(C)c3cnc4ccc(C#Cc5cccnc5)cc4c32)cc1. The van der Waals surface area contributed by atoms with Crippen LogP contribution in [0.1, 0.15) is 18.1 Å². The van der Waals surface area contributed by atoms with Crippen molar-refractivity contribution in [3.8, 4) is 23.3 Å². The fourth-order valence-corrected chi connectivity index (χ4v) is 3.75. The minimum Gasteiger partial charge on any atom is -0.494 e. The first-order valence-corrected chi connectivity index (χ1v) is 10.3. The number of imidazole rings is 1. The van der Waals surface area contributed by atoms with Crippen LogP contribution >= 0.6 is 0 Å². The normalized spacial score (nSPS) is 10.8. The molecule has 0 fully saturated rings. The highest BCUT2D eigenvalue weighted by Crippen LogP contribution is 2.26. The molecule has 3 heterocycles. The van der Waals surface area contributed by atoms with Crippen molar-refractivity contribution in [2.75, 3.05) is 6.61 Å². The molecule has 6 nitrogen and oxygen atoms in total. The quantitative estimate of drug-likeness (QED) is 0.413. The number of rotatable bonds is 3. The van der Waals surface area contributed by atoms with Gasteiger partial charge in [0, 0.05) is 36.0 Å². The Labute approximate surface area is 184 Å². The van der Waals surface area contributed by atoms with E-state index in [1.807, 2.05) is 61.5 Å². The minimum atomic E-state index is -0.134. The molecular formula is C26H20N4O2. The molecule has 156 valence electrons. The fraction of sp³-hybridized carbons (Fsp3) is 0.115. The first-order valence-electron chi connectivity index (χ1n) is 10.3. The molecule has 2 aromatic carbocycles. The van der Waals surface area contributed by atoms with E-state index in [1.165, 1.54) is 0 Å². The molecule has 0 atom stereocenters. The summed E-state index contributed by atoms with van der Waals surface area (Å²) in [7, 11) is 1.76. The first-order chi connectivity index (χ1) is 15.7.